The normalized spacial score (nSPS) is 29.1. The molecule has 0 heterocycles. The fourth-order valence-electron chi connectivity index (χ4n) is 3.40. The standard InChI is InChI=1S/C16H22BrNO2/c1-19-4-5-20-15-3-2-10(9-14(15)17)16(18)13-7-11-6-12(11)8-13/h2-3,9,11-13,16H,4-8,18H2,1H3. The van der Waals surface area contributed by atoms with Crippen LogP contribution in [0.3, 0.4) is 0 Å². The number of benzene rings is 1. The molecule has 2 fully saturated rings. The van der Waals surface area contributed by atoms with Crippen LogP contribution in [0.4, 0.5) is 0 Å². The monoisotopic (exact) mass is 339 g/mol. The molecule has 0 saturated heterocycles. The Hall–Kier alpha value is -0.580. The van der Waals surface area contributed by atoms with E-state index in [1.807, 2.05) is 6.07 Å². The summed E-state index contributed by atoms with van der Waals surface area (Å²) in [5.41, 5.74) is 7.65. The Morgan fingerprint density at radius 2 is 2.00 bits per heavy atom. The Kier molecular flexibility index (Phi) is 4.34. The van der Waals surface area contributed by atoms with Gasteiger partial charge in [0.25, 0.3) is 0 Å². The Morgan fingerprint density at radius 1 is 1.25 bits per heavy atom. The third-order valence-corrected chi connectivity index (χ3v) is 5.29. The molecule has 1 aromatic carbocycles. The largest absolute Gasteiger partial charge is 0.490 e. The zero-order valence-electron chi connectivity index (χ0n) is 11.8. The van der Waals surface area contributed by atoms with Gasteiger partial charge in [0.1, 0.15) is 12.4 Å². The first-order valence-electron chi connectivity index (χ1n) is 7.35. The minimum atomic E-state index is 0.159. The van der Waals surface area contributed by atoms with Crippen molar-refractivity contribution in [3.8, 4) is 5.75 Å². The Bertz CT molecular complexity index is 470. The highest BCUT2D eigenvalue weighted by atomic mass is 79.9. The van der Waals surface area contributed by atoms with Gasteiger partial charge in [0, 0.05) is 13.2 Å². The van der Waals surface area contributed by atoms with E-state index in [9.17, 15) is 0 Å². The van der Waals surface area contributed by atoms with E-state index in [2.05, 4.69) is 28.1 Å². The van der Waals surface area contributed by atoms with Crippen LogP contribution in [0.5, 0.6) is 5.75 Å². The maximum atomic E-state index is 6.44. The predicted molar refractivity (Wildman–Crippen MR) is 82.8 cm³/mol. The quantitative estimate of drug-likeness (QED) is 0.806. The summed E-state index contributed by atoms with van der Waals surface area (Å²) < 4.78 is 11.6. The van der Waals surface area contributed by atoms with Gasteiger partial charge in [-0.1, -0.05) is 6.07 Å². The maximum absolute atomic E-state index is 6.44. The van der Waals surface area contributed by atoms with Crippen LogP contribution in [0.15, 0.2) is 22.7 Å². The van der Waals surface area contributed by atoms with Gasteiger partial charge in [0.15, 0.2) is 0 Å². The predicted octanol–water partition coefficient (Wildman–Crippen LogP) is 3.52. The third-order valence-electron chi connectivity index (χ3n) is 4.67. The first-order chi connectivity index (χ1) is 9.69. The number of ether oxygens (including phenoxy) is 2. The van der Waals surface area contributed by atoms with Gasteiger partial charge in [0.2, 0.25) is 0 Å². The summed E-state index contributed by atoms with van der Waals surface area (Å²) in [6.45, 7) is 1.16. The van der Waals surface area contributed by atoms with E-state index in [1.165, 1.54) is 24.8 Å². The van der Waals surface area contributed by atoms with Crippen LogP contribution in [0.1, 0.15) is 30.9 Å². The van der Waals surface area contributed by atoms with Crippen molar-refractivity contribution in [2.75, 3.05) is 20.3 Å². The number of fused-ring (bicyclic) bond motifs is 1. The summed E-state index contributed by atoms with van der Waals surface area (Å²) in [5.74, 6) is 3.47. The molecule has 0 spiro atoms. The molecule has 0 bridgehead atoms. The second kappa shape index (κ2) is 6.04. The average Bonchev–Trinajstić information content (AvgIpc) is 3.06. The molecule has 3 nitrogen and oxygen atoms in total. The molecule has 0 aliphatic heterocycles. The average molecular weight is 340 g/mol. The molecular formula is C16H22BrNO2. The Balaban J connectivity index is 1.63. The van der Waals surface area contributed by atoms with Crippen molar-refractivity contribution < 1.29 is 9.47 Å². The number of hydrogen-bond donors (Lipinski definition) is 1. The SMILES string of the molecule is COCCOc1ccc(C(N)C2CC3CC3C2)cc1Br. The Labute approximate surface area is 129 Å². The minimum absolute atomic E-state index is 0.159. The summed E-state index contributed by atoms with van der Waals surface area (Å²) >= 11 is 3.58. The van der Waals surface area contributed by atoms with Gasteiger partial charge in [-0.3, -0.25) is 0 Å². The molecule has 1 aromatic rings. The van der Waals surface area contributed by atoms with Crippen LogP contribution in [0.25, 0.3) is 0 Å². The second-order valence-electron chi connectivity index (χ2n) is 6.04. The fraction of sp³-hybridized carbons (Fsp3) is 0.625. The molecule has 0 amide bonds. The highest BCUT2D eigenvalue weighted by Crippen LogP contribution is 2.56. The zero-order valence-corrected chi connectivity index (χ0v) is 13.4. The van der Waals surface area contributed by atoms with Crippen LogP contribution in [0.2, 0.25) is 0 Å². The first kappa shape index (κ1) is 14.4. The summed E-state index contributed by atoms with van der Waals surface area (Å²) in [7, 11) is 1.67. The van der Waals surface area contributed by atoms with Crippen LogP contribution >= 0.6 is 15.9 Å². The van der Waals surface area contributed by atoms with Gasteiger partial charge < -0.3 is 15.2 Å². The van der Waals surface area contributed by atoms with E-state index in [0.29, 0.717) is 19.1 Å². The van der Waals surface area contributed by atoms with Gasteiger partial charge in [-0.15, -0.1) is 0 Å². The summed E-state index contributed by atoms with van der Waals surface area (Å²) in [4.78, 5) is 0. The molecule has 2 saturated carbocycles. The smallest absolute Gasteiger partial charge is 0.133 e. The highest BCUT2D eigenvalue weighted by Gasteiger charge is 2.47. The lowest BCUT2D eigenvalue weighted by Crippen LogP contribution is -2.20. The minimum Gasteiger partial charge on any atom is -0.490 e. The molecule has 0 aromatic heterocycles. The van der Waals surface area contributed by atoms with E-state index in [4.69, 9.17) is 15.2 Å². The van der Waals surface area contributed by atoms with Gasteiger partial charge in [0.05, 0.1) is 11.1 Å². The molecule has 2 aliphatic carbocycles. The van der Waals surface area contributed by atoms with E-state index >= 15 is 0 Å². The number of halogens is 1. The lowest BCUT2D eigenvalue weighted by Gasteiger charge is -2.21. The zero-order chi connectivity index (χ0) is 14.1. The fourth-order valence-corrected chi connectivity index (χ4v) is 3.91. The highest BCUT2D eigenvalue weighted by molar-refractivity contribution is 9.10. The number of methoxy groups -OCH3 is 1. The van der Waals surface area contributed by atoms with Crippen LogP contribution in [-0.2, 0) is 4.74 Å². The molecule has 0 radical (unpaired) electrons. The van der Waals surface area contributed by atoms with Gasteiger partial charge in [-0.2, -0.15) is 0 Å². The lowest BCUT2D eigenvalue weighted by molar-refractivity contribution is 0.146. The number of hydrogen-bond acceptors (Lipinski definition) is 3. The van der Waals surface area contributed by atoms with Gasteiger partial charge in [-0.25, -0.2) is 0 Å². The van der Waals surface area contributed by atoms with Crippen LogP contribution < -0.4 is 10.5 Å². The van der Waals surface area contributed by atoms with Crippen molar-refractivity contribution in [3.63, 3.8) is 0 Å². The van der Waals surface area contributed by atoms with Crippen molar-refractivity contribution >= 4 is 15.9 Å². The molecule has 2 N–H and O–H groups in total. The number of nitrogens with two attached hydrogens (primary N) is 1. The van der Waals surface area contributed by atoms with Crippen LogP contribution in [-0.4, -0.2) is 20.3 Å². The maximum Gasteiger partial charge on any atom is 0.133 e. The third kappa shape index (κ3) is 3.02. The van der Waals surface area contributed by atoms with E-state index < -0.39 is 0 Å². The van der Waals surface area contributed by atoms with Crippen molar-refractivity contribution in [1.29, 1.82) is 0 Å². The first-order valence-corrected chi connectivity index (χ1v) is 8.15. The van der Waals surface area contributed by atoms with Crippen molar-refractivity contribution in [1.82, 2.24) is 0 Å². The molecule has 3 rings (SSSR count). The van der Waals surface area contributed by atoms with E-state index in [-0.39, 0.29) is 6.04 Å². The molecule has 3 unspecified atom stereocenters. The van der Waals surface area contributed by atoms with Crippen molar-refractivity contribution in [2.24, 2.45) is 23.5 Å². The topological polar surface area (TPSA) is 44.5 Å². The Morgan fingerprint density at radius 3 is 2.65 bits per heavy atom. The summed E-state index contributed by atoms with van der Waals surface area (Å²) in [6.07, 6.45) is 4.07. The summed E-state index contributed by atoms with van der Waals surface area (Å²) in [5, 5.41) is 0. The number of rotatable bonds is 6. The molecule has 2 aliphatic rings. The molecular weight excluding hydrogens is 318 g/mol. The lowest BCUT2D eigenvalue weighted by atomic mass is 9.90. The summed E-state index contributed by atoms with van der Waals surface area (Å²) in [6, 6.07) is 6.37. The molecule has 20 heavy (non-hydrogen) atoms. The van der Waals surface area contributed by atoms with E-state index in [0.717, 1.165) is 22.1 Å². The van der Waals surface area contributed by atoms with Crippen molar-refractivity contribution in [3.05, 3.63) is 28.2 Å². The van der Waals surface area contributed by atoms with Gasteiger partial charge in [-0.05, 0) is 70.6 Å². The van der Waals surface area contributed by atoms with E-state index in [1.54, 1.807) is 7.11 Å². The van der Waals surface area contributed by atoms with Crippen molar-refractivity contribution in [2.45, 2.75) is 25.3 Å². The molecule has 3 atom stereocenters. The second-order valence-corrected chi connectivity index (χ2v) is 6.90. The molecule has 110 valence electrons. The van der Waals surface area contributed by atoms with Gasteiger partial charge >= 0.3 is 0 Å². The molecule has 4 heteroatoms. The van der Waals surface area contributed by atoms with Crippen LogP contribution in [0, 0.1) is 17.8 Å².